The first-order valence-corrected chi connectivity index (χ1v) is 13.6. The molecule has 2 atom stereocenters. The van der Waals surface area contributed by atoms with Crippen molar-refractivity contribution in [2.45, 2.75) is 50.2 Å². The zero-order valence-electron chi connectivity index (χ0n) is 17.8. The van der Waals surface area contributed by atoms with Gasteiger partial charge in [0.25, 0.3) is 5.19 Å². The van der Waals surface area contributed by atoms with Crippen molar-refractivity contribution in [3.63, 3.8) is 0 Å². The lowest BCUT2D eigenvalue weighted by Gasteiger charge is -2.37. The summed E-state index contributed by atoms with van der Waals surface area (Å²) in [5.74, 6) is 0.331. The fourth-order valence-corrected chi connectivity index (χ4v) is 7.34. The Bertz CT molecular complexity index is 1200. The number of benzene rings is 2. The van der Waals surface area contributed by atoms with Gasteiger partial charge in [0, 0.05) is 18.1 Å². The SMILES string of the molecule is CS(=O)(=O)N1C2CCC1CC(NCCc1ccc(Oc3nc4c(F)cccc4s3)cc1)C2. The quantitative estimate of drug-likeness (QED) is 0.551. The van der Waals surface area contributed by atoms with Crippen LogP contribution in [0.1, 0.15) is 31.2 Å². The molecular formula is C23H26FN3O3S2. The Morgan fingerprint density at radius 3 is 2.53 bits per heavy atom. The van der Waals surface area contributed by atoms with E-state index in [0.29, 0.717) is 22.5 Å². The summed E-state index contributed by atoms with van der Waals surface area (Å²) in [6.07, 6.45) is 5.93. The van der Waals surface area contributed by atoms with Crippen LogP contribution in [0.25, 0.3) is 10.2 Å². The first-order chi connectivity index (χ1) is 15.4. The maximum Gasteiger partial charge on any atom is 0.279 e. The van der Waals surface area contributed by atoms with Gasteiger partial charge in [0.15, 0.2) is 0 Å². The van der Waals surface area contributed by atoms with E-state index in [0.717, 1.165) is 43.3 Å². The predicted octanol–water partition coefficient (Wildman–Crippen LogP) is 4.31. The number of piperidine rings is 1. The smallest absolute Gasteiger partial charge is 0.279 e. The van der Waals surface area contributed by atoms with Gasteiger partial charge in [-0.3, -0.25) is 0 Å². The van der Waals surface area contributed by atoms with Gasteiger partial charge >= 0.3 is 0 Å². The van der Waals surface area contributed by atoms with Gasteiger partial charge in [-0.25, -0.2) is 12.8 Å². The van der Waals surface area contributed by atoms with Crippen molar-refractivity contribution in [1.29, 1.82) is 0 Å². The van der Waals surface area contributed by atoms with E-state index in [1.54, 1.807) is 10.4 Å². The summed E-state index contributed by atoms with van der Waals surface area (Å²) in [6.45, 7) is 0.848. The molecular weight excluding hydrogens is 449 g/mol. The van der Waals surface area contributed by atoms with Crippen molar-refractivity contribution in [1.82, 2.24) is 14.6 Å². The lowest BCUT2D eigenvalue weighted by molar-refractivity contribution is 0.208. The van der Waals surface area contributed by atoms with Crippen LogP contribution in [-0.4, -0.2) is 48.6 Å². The van der Waals surface area contributed by atoms with Crippen LogP contribution in [0.4, 0.5) is 4.39 Å². The number of rotatable bonds is 7. The zero-order chi connectivity index (χ0) is 22.3. The topological polar surface area (TPSA) is 71.5 Å². The molecule has 3 heterocycles. The Morgan fingerprint density at radius 2 is 1.88 bits per heavy atom. The minimum Gasteiger partial charge on any atom is -0.431 e. The molecule has 0 aliphatic carbocycles. The second kappa shape index (κ2) is 8.70. The van der Waals surface area contributed by atoms with Crippen molar-refractivity contribution in [2.75, 3.05) is 12.8 Å². The van der Waals surface area contributed by atoms with Crippen molar-refractivity contribution in [3.8, 4) is 10.9 Å². The van der Waals surface area contributed by atoms with E-state index in [4.69, 9.17) is 4.74 Å². The molecule has 2 bridgehead atoms. The van der Waals surface area contributed by atoms with Crippen molar-refractivity contribution in [3.05, 3.63) is 53.8 Å². The lowest BCUT2D eigenvalue weighted by Crippen LogP contribution is -2.51. The van der Waals surface area contributed by atoms with Crippen LogP contribution in [-0.2, 0) is 16.4 Å². The summed E-state index contributed by atoms with van der Waals surface area (Å²) in [7, 11) is -3.11. The third-order valence-corrected chi connectivity index (χ3v) is 8.64. The Labute approximate surface area is 191 Å². The van der Waals surface area contributed by atoms with Gasteiger partial charge in [-0.05, 0) is 68.5 Å². The summed E-state index contributed by atoms with van der Waals surface area (Å²) in [4.78, 5) is 4.24. The van der Waals surface area contributed by atoms with E-state index in [9.17, 15) is 12.8 Å². The van der Waals surface area contributed by atoms with Gasteiger partial charge in [0.05, 0.1) is 11.0 Å². The largest absolute Gasteiger partial charge is 0.431 e. The van der Waals surface area contributed by atoms with Gasteiger partial charge in [-0.1, -0.05) is 29.5 Å². The first kappa shape index (κ1) is 21.8. The average molecular weight is 476 g/mol. The van der Waals surface area contributed by atoms with Crippen molar-refractivity contribution < 1.29 is 17.5 Å². The molecule has 2 aromatic carbocycles. The molecule has 1 N–H and O–H groups in total. The molecule has 0 spiro atoms. The number of nitrogens with one attached hydrogen (secondary N) is 1. The fourth-order valence-electron chi connectivity index (χ4n) is 5.03. The Kier molecular flexibility index (Phi) is 5.92. The standard InChI is InChI=1S/C23H26FN3O3S2/c1-32(28,29)27-17-7-8-18(27)14-16(13-17)25-12-11-15-5-9-19(10-6-15)30-23-26-22-20(24)3-2-4-21(22)31-23/h2-6,9-10,16-18,25H,7-8,11-14H2,1H3. The third-order valence-electron chi connectivity index (χ3n) is 6.37. The molecule has 2 aliphatic rings. The number of para-hydroxylation sites is 1. The van der Waals surface area contributed by atoms with Crippen LogP contribution in [0, 0.1) is 5.82 Å². The number of ether oxygens (including phenoxy) is 1. The molecule has 0 saturated carbocycles. The minimum absolute atomic E-state index is 0.147. The summed E-state index contributed by atoms with van der Waals surface area (Å²) in [5.41, 5.74) is 1.53. The van der Waals surface area contributed by atoms with E-state index in [1.165, 1.54) is 29.2 Å². The molecule has 1 aromatic heterocycles. The Balaban J connectivity index is 1.13. The molecule has 0 amide bonds. The molecule has 3 aromatic rings. The summed E-state index contributed by atoms with van der Waals surface area (Å²) >= 11 is 1.32. The number of nitrogens with zero attached hydrogens (tertiary/aromatic N) is 2. The number of aromatic nitrogens is 1. The highest BCUT2D eigenvalue weighted by Crippen LogP contribution is 2.37. The normalized spacial score (nSPS) is 23.6. The number of sulfonamides is 1. The summed E-state index contributed by atoms with van der Waals surface area (Å²) < 4.78 is 46.2. The number of hydrogen-bond acceptors (Lipinski definition) is 6. The molecule has 2 unspecified atom stereocenters. The summed E-state index contributed by atoms with van der Waals surface area (Å²) in [5, 5.41) is 4.05. The van der Waals surface area contributed by atoms with Crippen LogP contribution < -0.4 is 10.1 Å². The van der Waals surface area contributed by atoms with E-state index >= 15 is 0 Å². The zero-order valence-corrected chi connectivity index (χ0v) is 19.5. The molecule has 9 heteroatoms. The average Bonchev–Trinajstić information content (AvgIpc) is 3.28. The van der Waals surface area contributed by atoms with Crippen molar-refractivity contribution in [2.24, 2.45) is 0 Å². The highest BCUT2D eigenvalue weighted by Gasteiger charge is 2.44. The maximum absolute atomic E-state index is 13.8. The number of thiazole rings is 1. The molecule has 5 rings (SSSR count). The molecule has 0 radical (unpaired) electrons. The second-order valence-corrected chi connectivity index (χ2v) is 11.5. The van der Waals surface area contributed by atoms with Crippen molar-refractivity contribution >= 4 is 31.6 Å². The molecule has 32 heavy (non-hydrogen) atoms. The number of hydrogen-bond donors (Lipinski definition) is 1. The second-order valence-electron chi connectivity index (χ2n) is 8.66. The van der Waals surface area contributed by atoms with Gasteiger partial charge in [-0.15, -0.1) is 0 Å². The maximum atomic E-state index is 13.8. The first-order valence-electron chi connectivity index (χ1n) is 10.9. The summed E-state index contributed by atoms with van der Waals surface area (Å²) in [6, 6.07) is 13.4. The molecule has 6 nitrogen and oxygen atoms in total. The van der Waals surface area contributed by atoms with Crippen LogP contribution in [0.5, 0.6) is 10.9 Å². The van der Waals surface area contributed by atoms with Crippen LogP contribution in [0.3, 0.4) is 0 Å². The van der Waals surface area contributed by atoms with Gasteiger partial charge < -0.3 is 10.1 Å². The molecule has 2 saturated heterocycles. The van der Waals surface area contributed by atoms with Crippen LogP contribution in [0.15, 0.2) is 42.5 Å². The fraction of sp³-hybridized carbons (Fsp3) is 0.435. The van der Waals surface area contributed by atoms with E-state index in [1.807, 2.05) is 30.3 Å². The van der Waals surface area contributed by atoms with Crippen LogP contribution in [0.2, 0.25) is 0 Å². The molecule has 170 valence electrons. The van der Waals surface area contributed by atoms with Gasteiger partial charge in [0.2, 0.25) is 10.0 Å². The number of halogens is 1. The van der Waals surface area contributed by atoms with Gasteiger partial charge in [-0.2, -0.15) is 9.29 Å². The molecule has 2 fully saturated rings. The number of fused-ring (bicyclic) bond motifs is 3. The Morgan fingerprint density at radius 1 is 1.16 bits per heavy atom. The highest BCUT2D eigenvalue weighted by molar-refractivity contribution is 7.88. The highest BCUT2D eigenvalue weighted by atomic mass is 32.2. The minimum atomic E-state index is -3.11. The Hall–Kier alpha value is -2.07. The van der Waals surface area contributed by atoms with Gasteiger partial charge in [0.1, 0.15) is 17.1 Å². The predicted molar refractivity (Wildman–Crippen MR) is 124 cm³/mol. The van der Waals surface area contributed by atoms with E-state index in [2.05, 4.69) is 10.3 Å². The molecule has 2 aliphatic heterocycles. The van der Waals surface area contributed by atoms with Crippen LogP contribution >= 0.6 is 11.3 Å². The van der Waals surface area contributed by atoms with E-state index in [-0.39, 0.29) is 17.9 Å². The van der Waals surface area contributed by atoms with E-state index < -0.39 is 10.0 Å². The monoisotopic (exact) mass is 475 g/mol. The third kappa shape index (κ3) is 4.52. The lowest BCUT2D eigenvalue weighted by atomic mass is 9.99.